The molecule has 20 heavy (non-hydrogen) atoms. The number of aryl methyl sites for hydroxylation is 1. The monoisotopic (exact) mass is 280 g/mol. The summed E-state index contributed by atoms with van der Waals surface area (Å²) < 4.78 is 5.19. The minimum atomic E-state index is -0.118. The molecule has 5 heteroatoms. The maximum Gasteiger partial charge on any atom is 0.220 e. The first kappa shape index (κ1) is 15.1. The van der Waals surface area contributed by atoms with Crippen LogP contribution >= 0.6 is 0 Å². The summed E-state index contributed by atoms with van der Waals surface area (Å²) in [6, 6.07) is 3.72. The van der Waals surface area contributed by atoms with Gasteiger partial charge < -0.3 is 19.7 Å². The van der Waals surface area contributed by atoms with Crippen LogP contribution in [0.5, 0.6) is 0 Å². The zero-order valence-corrected chi connectivity index (χ0v) is 11.9. The summed E-state index contributed by atoms with van der Waals surface area (Å²) in [6.07, 6.45) is 5.34. The molecule has 1 fully saturated rings. The molecular weight excluding hydrogens is 256 g/mol. The van der Waals surface area contributed by atoms with Crippen LogP contribution in [0.3, 0.4) is 0 Å². The van der Waals surface area contributed by atoms with Crippen molar-refractivity contribution in [1.29, 1.82) is 0 Å². The van der Waals surface area contributed by atoms with Crippen molar-refractivity contribution in [2.45, 2.75) is 38.2 Å². The van der Waals surface area contributed by atoms with Crippen molar-refractivity contribution in [2.75, 3.05) is 26.2 Å². The van der Waals surface area contributed by atoms with Gasteiger partial charge in [-0.2, -0.15) is 0 Å². The predicted octanol–water partition coefficient (Wildman–Crippen LogP) is 1.18. The molecule has 0 atom stereocenters. The molecule has 112 valence electrons. The van der Waals surface area contributed by atoms with Crippen LogP contribution in [0.25, 0.3) is 0 Å². The molecule has 0 spiro atoms. The molecule has 0 saturated carbocycles. The standard InChI is InChI=1S/C15H24N2O3/c18-13-6-10-17(11-7-13)9-2-8-16-15(19)5-4-14-3-1-12-20-14/h1,3,12-13,18H,2,4-11H2,(H,16,19). The largest absolute Gasteiger partial charge is 0.469 e. The lowest BCUT2D eigenvalue weighted by Gasteiger charge is -2.29. The van der Waals surface area contributed by atoms with E-state index in [9.17, 15) is 9.90 Å². The Morgan fingerprint density at radius 3 is 2.95 bits per heavy atom. The van der Waals surface area contributed by atoms with Gasteiger partial charge in [0.25, 0.3) is 0 Å². The molecule has 2 heterocycles. The average Bonchev–Trinajstić information content (AvgIpc) is 2.96. The smallest absolute Gasteiger partial charge is 0.220 e. The molecule has 1 amide bonds. The first-order chi connectivity index (χ1) is 9.74. The highest BCUT2D eigenvalue weighted by Crippen LogP contribution is 2.09. The Morgan fingerprint density at radius 1 is 1.45 bits per heavy atom. The average molecular weight is 280 g/mol. The third-order valence-corrected chi connectivity index (χ3v) is 3.71. The number of hydrogen-bond acceptors (Lipinski definition) is 4. The van der Waals surface area contributed by atoms with E-state index in [0.717, 1.165) is 51.2 Å². The minimum absolute atomic E-state index is 0.0791. The predicted molar refractivity (Wildman–Crippen MR) is 76.3 cm³/mol. The minimum Gasteiger partial charge on any atom is -0.469 e. The lowest BCUT2D eigenvalue weighted by molar-refractivity contribution is -0.121. The molecule has 2 N–H and O–H groups in total. The fraction of sp³-hybridized carbons (Fsp3) is 0.667. The van der Waals surface area contributed by atoms with Crippen LogP contribution in [0.4, 0.5) is 0 Å². The van der Waals surface area contributed by atoms with E-state index >= 15 is 0 Å². The van der Waals surface area contributed by atoms with Gasteiger partial charge >= 0.3 is 0 Å². The van der Waals surface area contributed by atoms with Gasteiger partial charge in [0.1, 0.15) is 5.76 Å². The summed E-state index contributed by atoms with van der Waals surface area (Å²) in [5.74, 6) is 0.933. The summed E-state index contributed by atoms with van der Waals surface area (Å²) in [6.45, 7) is 3.64. The third-order valence-electron chi connectivity index (χ3n) is 3.71. The molecule has 1 aliphatic heterocycles. The third kappa shape index (κ3) is 5.35. The van der Waals surface area contributed by atoms with Gasteiger partial charge in [-0.15, -0.1) is 0 Å². The number of furan rings is 1. The Labute approximate surface area is 119 Å². The first-order valence-electron chi connectivity index (χ1n) is 7.43. The van der Waals surface area contributed by atoms with Gasteiger partial charge in [0, 0.05) is 32.5 Å². The Morgan fingerprint density at radius 2 is 2.25 bits per heavy atom. The van der Waals surface area contributed by atoms with Crippen molar-refractivity contribution in [1.82, 2.24) is 10.2 Å². The Bertz CT molecular complexity index is 384. The van der Waals surface area contributed by atoms with Crippen LogP contribution in [0, 0.1) is 0 Å². The van der Waals surface area contributed by atoms with Gasteiger partial charge in [0.05, 0.1) is 12.4 Å². The number of likely N-dealkylation sites (tertiary alicyclic amines) is 1. The SMILES string of the molecule is O=C(CCc1ccco1)NCCCN1CCC(O)CC1. The number of nitrogens with one attached hydrogen (secondary N) is 1. The van der Waals surface area contributed by atoms with Crippen molar-refractivity contribution in [3.8, 4) is 0 Å². The molecule has 1 aliphatic rings. The number of carbonyl (C=O) groups is 1. The molecule has 0 radical (unpaired) electrons. The summed E-state index contributed by atoms with van der Waals surface area (Å²) in [7, 11) is 0. The van der Waals surface area contributed by atoms with Crippen LogP contribution in [-0.2, 0) is 11.2 Å². The summed E-state index contributed by atoms with van der Waals surface area (Å²) in [5.41, 5.74) is 0. The summed E-state index contributed by atoms with van der Waals surface area (Å²) >= 11 is 0. The van der Waals surface area contributed by atoms with E-state index in [0.29, 0.717) is 12.8 Å². The van der Waals surface area contributed by atoms with E-state index in [1.54, 1.807) is 6.26 Å². The number of piperidine rings is 1. The molecule has 0 aromatic carbocycles. The van der Waals surface area contributed by atoms with E-state index in [1.165, 1.54) is 0 Å². The second-order valence-corrected chi connectivity index (χ2v) is 5.36. The highest BCUT2D eigenvalue weighted by molar-refractivity contribution is 5.75. The van der Waals surface area contributed by atoms with Crippen molar-refractivity contribution in [3.63, 3.8) is 0 Å². The number of rotatable bonds is 7. The highest BCUT2D eigenvalue weighted by Gasteiger charge is 2.16. The van der Waals surface area contributed by atoms with Crippen molar-refractivity contribution >= 4 is 5.91 Å². The van der Waals surface area contributed by atoms with Crippen LogP contribution in [0.15, 0.2) is 22.8 Å². The van der Waals surface area contributed by atoms with Crippen LogP contribution < -0.4 is 5.32 Å². The normalized spacial score (nSPS) is 17.2. The van der Waals surface area contributed by atoms with Gasteiger partial charge in [-0.1, -0.05) is 0 Å². The second-order valence-electron chi connectivity index (χ2n) is 5.36. The molecule has 0 unspecified atom stereocenters. The van der Waals surface area contributed by atoms with Crippen LogP contribution in [0.2, 0.25) is 0 Å². The number of nitrogens with zero attached hydrogens (tertiary/aromatic N) is 1. The molecule has 1 saturated heterocycles. The lowest BCUT2D eigenvalue weighted by atomic mass is 10.1. The molecule has 0 aliphatic carbocycles. The topological polar surface area (TPSA) is 65.7 Å². The molecular formula is C15H24N2O3. The van der Waals surface area contributed by atoms with Crippen LogP contribution in [0.1, 0.15) is 31.4 Å². The molecule has 1 aromatic rings. The number of hydrogen-bond donors (Lipinski definition) is 2. The maximum atomic E-state index is 11.6. The van der Waals surface area contributed by atoms with Crippen molar-refractivity contribution in [2.24, 2.45) is 0 Å². The molecule has 0 bridgehead atoms. The summed E-state index contributed by atoms with van der Waals surface area (Å²) in [5, 5.41) is 12.4. The van der Waals surface area contributed by atoms with Gasteiger partial charge in [-0.3, -0.25) is 4.79 Å². The van der Waals surface area contributed by atoms with E-state index in [-0.39, 0.29) is 12.0 Å². The van der Waals surface area contributed by atoms with Crippen LogP contribution in [-0.4, -0.2) is 48.2 Å². The Kier molecular flexibility index (Phi) is 6.08. The first-order valence-corrected chi connectivity index (χ1v) is 7.43. The van der Waals surface area contributed by atoms with Gasteiger partial charge in [0.15, 0.2) is 0 Å². The quantitative estimate of drug-likeness (QED) is 0.736. The fourth-order valence-corrected chi connectivity index (χ4v) is 2.45. The van der Waals surface area contributed by atoms with E-state index < -0.39 is 0 Å². The number of carbonyl (C=O) groups excluding carboxylic acids is 1. The molecule has 2 rings (SSSR count). The fourth-order valence-electron chi connectivity index (χ4n) is 2.45. The van der Waals surface area contributed by atoms with Gasteiger partial charge in [0.2, 0.25) is 5.91 Å². The van der Waals surface area contributed by atoms with E-state index in [2.05, 4.69) is 10.2 Å². The second kappa shape index (κ2) is 8.07. The zero-order valence-electron chi connectivity index (χ0n) is 11.9. The van der Waals surface area contributed by atoms with E-state index in [1.807, 2.05) is 12.1 Å². The summed E-state index contributed by atoms with van der Waals surface area (Å²) in [4.78, 5) is 14.0. The lowest BCUT2D eigenvalue weighted by Crippen LogP contribution is -2.37. The molecule has 5 nitrogen and oxygen atoms in total. The number of amides is 1. The van der Waals surface area contributed by atoms with Crippen molar-refractivity contribution < 1.29 is 14.3 Å². The highest BCUT2D eigenvalue weighted by atomic mass is 16.3. The van der Waals surface area contributed by atoms with E-state index in [4.69, 9.17) is 4.42 Å². The zero-order chi connectivity index (χ0) is 14.2. The molecule has 1 aromatic heterocycles. The van der Waals surface area contributed by atoms with Crippen molar-refractivity contribution in [3.05, 3.63) is 24.2 Å². The maximum absolute atomic E-state index is 11.6. The number of aliphatic hydroxyl groups is 1. The number of aliphatic hydroxyl groups excluding tert-OH is 1. The van der Waals surface area contributed by atoms with Gasteiger partial charge in [-0.05, 0) is 37.9 Å². The Balaban J connectivity index is 1.49. The van der Waals surface area contributed by atoms with Gasteiger partial charge in [-0.25, -0.2) is 0 Å². The Hall–Kier alpha value is -1.33.